The Kier molecular flexibility index (Phi) is 4.83. The van der Waals surface area contributed by atoms with Gasteiger partial charge in [0.15, 0.2) is 5.69 Å². The molecule has 8 heteroatoms. The molecule has 0 fully saturated rings. The summed E-state index contributed by atoms with van der Waals surface area (Å²) >= 11 is 5.90. The zero-order chi connectivity index (χ0) is 19.7. The Balaban J connectivity index is 1.44. The van der Waals surface area contributed by atoms with E-state index in [2.05, 4.69) is 20.3 Å². The highest BCUT2D eigenvalue weighted by molar-refractivity contribution is 6.30. The van der Waals surface area contributed by atoms with Gasteiger partial charge in [-0.1, -0.05) is 35.0 Å². The number of nitrogens with zero attached hydrogens (tertiary/aromatic N) is 5. The maximum atomic E-state index is 12.7. The predicted molar refractivity (Wildman–Crippen MR) is 107 cm³/mol. The number of aryl methyl sites for hydroxylation is 1. The minimum absolute atomic E-state index is 0.209. The fraction of sp³-hybridized carbons (Fsp3) is 0.200. The molecule has 0 saturated heterocycles. The highest BCUT2D eigenvalue weighted by Crippen LogP contribution is 2.15. The molecule has 7 nitrogen and oxygen atoms in total. The number of aromatic amines is 1. The highest BCUT2D eigenvalue weighted by Gasteiger charge is 2.17. The molecule has 4 rings (SSSR count). The van der Waals surface area contributed by atoms with Crippen LogP contribution < -0.4 is 0 Å². The van der Waals surface area contributed by atoms with Gasteiger partial charge in [0.25, 0.3) is 5.91 Å². The second-order valence-electron chi connectivity index (χ2n) is 6.79. The summed E-state index contributed by atoms with van der Waals surface area (Å²) in [5.74, 6) is 0.518. The first-order valence-corrected chi connectivity index (χ1v) is 9.21. The maximum absolute atomic E-state index is 12.7. The number of amides is 1. The summed E-state index contributed by atoms with van der Waals surface area (Å²) in [6.45, 7) is 2.91. The first kappa shape index (κ1) is 18.2. The Hall–Kier alpha value is -3.19. The first-order chi connectivity index (χ1) is 13.5. The summed E-state index contributed by atoms with van der Waals surface area (Å²) in [5.41, 5.74) is 4.33. The molecule has 0 aliphatic heterocycles. The second kappa shape index (κ2) is 7.44. The fourth-order valence-corrected chi connectivity index (χ4v) is 3.12. The number of halogens is 1. The van der Waals surface area contributed by atoms with E-state index in [9.17, 15) is 4.79 Å². The Morgan fingerprint density at radius 1 is 1.21 bits per heavy atom. The van der Waals surface area contributed by atoms with Gasteiger partial charge in [-0.15, -0.1) is 5.10 Å². The average molecular weight is 395 g/mol. The van der Waals surface area contributed by atoms with Crippen LogP contribution in [0.25, 0.3) is 11.0 Å². The van der Waals surface area contributed by atoms with E-state index in [1.165, 1.54) is 0 Å². The molecular weight excluding hydrogens is 376 g/mol. The van der Waals surface area contributed by atoms with Crippen molar-refractivity contribution in [3.63, 3.8) is 0 Å². The van der Waals surface area contributed by atoms with Gasteiger partial charge in [-0.05, 0) is 42.3 Å². The normalized spacial score (nSPS) is 11.1. The molecule has 0 atom stereocenters. The van der Waals surface area contributed by atoms with Gasteiger partial charge in [0.2, 0.25) is 0 Å². The van der Waals surface area contributed by atoms with E-state index in [4.69, 9.17) is 11.6 Å². The molecule has 2 aromatic heterocycles. The summed E-state index contributed by atoms with van der Waals surface area (Å²) in [5, 5.41) is 8.74. The highest BCUT2D eigenvalue weighted by atomic mass is 35.5. The molecule has 0 aliphatic rings. The summed E-state index contributed by atoms with van der Waals surface area (Å²) in [4.78, 5) is 22.0. The molecule has 2 heterocycles. The number of hydrogen-bond donors (Lipinski definition) is 1. The molecule has 2 aromatic carbocycles. The molecular formula is C20H19ClN6O. The number of benzene rings is 2. The fourth-order valence-electron chi connectivity index (χ4n) is 2.99. The monoisotopic (exact) mass is 394 g/mol. The maximum Gasteiger partial charge on any atom is 0.276 e. The van der Waals surface area contributed by atoms with Gasteiger partial charge in [-0.25, -0.2) is 9.67 Å². The van der Waals surface area contributed by atoms with Gasteiger partial charge < -0.3 is 9.88 Å². The number of fused-ring (bicyclic) bond motifs is 1. The number of aromatic nitrogens is 5. The van der Waals surface area contributed by atoms with Crippen molar-refractivity contribution in [3.05, 3.63) is 76.3 Å². The van der Waals surface area contributed by atoms with E-state index in [1.54, 1.807) is 22.8 Å². The molecule has 0 radical (unpaired) electrons. The van der Waals surface area contributed by atoms with Crippen molar-refractivity contribution in [3.8, 4) is 0 Å². The summed E-state index contributed by atoms with van der Waals surface area (Å²) in [6.07, 6.45) is 1.65. The van der Waals surface area contributed by atoms with Crippen molar-refractivity contribution < 1.29 is 4.79 Å². The van der Waals surface area contributed by atoms with E-state index in [1.807, 2.05) is 49.4 Å². The predicted octanol–water partition coefficient (Wildman–Crippen LogP) is 3.44. The van der Waals surface area contributed by atoms with Crippen LogP contribution in [0.1, 0.15) is 27.4 Å². The Labute approximate surface area is 167 Å². The van der Waals surface area contributed by atoms with Crippen molar-refractivity contribution in [1.82, 2.24) is 29.9 Å². The number of carbonyl (C=O) groups is 1. The third kappa shape index (κ3) is 3.89. The lowest BCUT2D eigenvalue weighted by atomic mass is 10.2. The van der Waals surface area contributed by atoms with E-state index < -0.39 is 0 Å². The third-order valence-corrected chi connectivity index (χ3v) is 4.69. The van der Waals surface area contributed by atoms with Crippen LogP contribution in [0.4, 0.5) is 0 Å². The zero-order valence-electron chi connectivity index (χ0n) is 15.6. The Bertz CT molecular complexity index is 1130. The molecule has 0 aliphatic carbocycles. The van der Waals surface area contributed by atoms with Crippen molar-refractivity contribution in [1.29, 1.82) is 0 Å². The zero-order valence-corrected chi connectivity index (χ0v) is 16.3. The molecule has 4 aromatic rings. The van der Waals surface area contributed by atoms with Gasteiger partial charge in [-0.2, -0.15) is 0 Å². The van der Waals surface area contributed by atoms with E-state index in [0.29, 0.717) is 23.8 Å². The van der Waals surface area contributed by atoms with Crippen LogP contribution in [-0.4, -0.2) is 42.8 Å². The topological polar surface area (TPSA) is 79.7 Å². The first-order valence-electron chi connectivity index (χ1n) is 8.83. The minimum Gasteiger partial charge on any atom is -0.340 e. The van der Waals surface area contributed by atoms with Crippen molar-refractivity contribution in [2.45, 2.75) is 20.0 Å². The molecule has 1 N–H and O–H groups in total. The Morgan fingerprint density at radius 2 is 2.00 bits per heavy atom. The van der Waals surface area contributed by atoms with Crippen LogP contribution >= 0.6 is 11.6 Å². The molecule has 0 bridgehead atoms. The standard InChI is InChI=1S/C20H19ClN6O/c1-13-3-8-16-17(9-13)23-19(22-16)12-26(2)20(28)18-11-27(25-24-18)10-14-4-6-15(21)7-5-14/h3-9,11H,10,12H2,1-2H3,(H,22,23). The van der Waals surface area contributed by atoms with Gasteiger partial charge in [0.05, 0.1) is 30.3 Å². The smallest absolute Gasteiger partial charge is 0.276 e. The van der Waals surface area contributed by atoms with E-state index in [-0.39, 0.29) is 5.91 Å². The lowest BCUT2D eigenvalue weighted by Gasteiger charge is -2.13. The third-order valence-electron chi connectivity index (χ3n) is 4.44. The van der Waals surface area contributed by atoms with Crippen LogP contribution in [-0.2, 0) is 13.1 Å². The lowest BCUT2D eigenvalue weighted by molar-refractivity contribution is 0.0776. The van der Waals surface area contributed by atoms with Crippen LogP contribution in [0.5, 0.6) is 0 Å². The average Bonchev–Trinajstić information content (AvgIpc) is 3.29. The van der Waals surface area contributed by atoms with Gasteiger partial charge >= 0.3 is 0 Å². The lowest BCUT2D eigenvalue weighted by Crippen LogP contribution is -2.27. The number of carbonyl (C=O) groups excluding carboxylic acids is 1. The van der Waals surface area contributed by atoms with Crippen LogP contribution in [0, 0.1) is 6.92 Å². The van der Waals surface area contributed by atoms with E-state index >= 15 is 0 Å². The van der Waals surface area contributed by atoms with Crippen molar-refractivity contribution in [2.75, 3.05) is 7.05 Å². The second-order valence-corrected chi connectivity index (χ2v) is 7.23. The summed E-state index contributed by atoms with van der Waals surface area (Å²) in [6, 6.07) is 13.5. The molecule has 0 spiro atoms. The molecule has 28 heavy (non-hydrogen) atoms. The van der Waals surface area contributed by atoms with Crippen molar-refractivity contribution >= 4 is 28.5 Å². The van der Waals surface area contributed by atoms with Crippen LogP contribution in [0.2, 0.25) is 5.02 Å². The molecule has 0 unspecified atom stereocenters. The molecule has 0 saturated carbocycles. The van der Waals surface area contributed by atoms with Gasteiger partial charge in [0, 0.05) is 12.1 Å². The molecule has 1 amide bonds. The molecule has 142 valence electrons. The quantitative estimate of drug-likeness (QED) is 0.562. The van der Waals surface area contributed by atoms with Crippen LogP contribution in [0.15, 0.2) is 48.7 Å². The summed E-state index contributed by atoms with van der Waals surface area (Å²) < 4.78 is 1.63. The summed E-state index contributed by atoms with van der Waals surface area (Å²) in [7, 11) is 1.72. The number of H-pyrrole nitrogens is 1. The SMILES string of the molecule is Cc1ccc2nc(CN(C)C(=O)c3cn(Cc4ccc(Cl)cc4)nn3)[nH]c2c1. The number of hydrogen-bond acceptors (Lipinski definition) is 4. The number of imidazole rings is 1. The van der Waals surface area contributed by atoms with Gasteiger partial charge in [-0.3, -0.25) is 4.79 Å². The number of nitrogens with one attached hydrogen (secondary N) is 1. The van der Waals surface area contributed by atoms with Crippen molar-refractivity contribution in [2.24, 2.45) is 0 Å². The van der Waals surface area contributed by atoms with Gasteiger partial charge in [0.1, 0.15) is 5.82 Å². The van der Waals surface area contributed by atoms with E-state index in [0.717, 1.165) is 28.0 Å². The Morgan fingerprint density at radius 3 is 2.79 bits per heavy atom. The minimum atomic E-state index is -0.209. The largest absolute Gasteiger partial charge is 0.340 e. The van der Waals surface area contributed by atoms with Crippen LogP contribution in [0.3, 0.4) is 0 Å². The number of rotatable bonds is 5.